The van der Waals surface area contributed by atoms with Gasteiger partial charge in [0, 0.05) is 16.0 Å². The van der Waals surface area contributed by atoms with Crippen molar-refractivity contribution in [1.82, 2.24) is 15.2 Å². The number of aryl methyl sites for hydroxylation is 1. The molecule has 198 valence electrons. The molecule has 0 saturated heterocycles. The van der Waals surface area contributed by atoms with Crippen LogP contribution in [0.1, 0.15) is 31.4 Å². The minimum atomic E-state index is -4.75. The van der Waals surface area contributed by atoms with E-state index in [1.807, 2.05) is 6.92 Å². The molecule has 2 aromatic carbocycles. The normalized spacial score (nSPS) is 11.6. The minimum Gasteiger partial charge on any atom is -0.365 e. The van der Waals surface area contributed by atoms with Crippen LogP contribution in [-0.4, -0.2) is 27.0 Å². The molecule has 39 heavy (non-hydrogen) atoms. The van der Waals surface area contributed by atoms with Crippen molar-refractivity contribution in [3.8, 4) is 22.4 Å². The Morgan fingerprint density at radius 3 is 2.38 bits per heavy atom. The lowest BCUT2D eigenvalue weighted by atomic mass is 10.00. The Kier molecular flexibility index (Phi) is 6.83. The number of amides is 2. The highest BCUT2D eigenvalue weighted by atomic mass is 35.5. The zero-order valence-corrected chi connectivity index (χ0v) is 22.1. The van der Waals surface area contributed by atoms with Crippen molar-refractivity contribution in [1.29, 1.82) is 0 Å². The molecule has 5 rings (SSSR count). The zero-order chi connectivity index (χ0) is 28.1. The summed E-state index contributed by atoms with van der Waals surface area (Å²) in [6, 6.07) is 13.9. The highest BCUT2D eigenvalue weighted by molar-refractivity contribution is 7.21. The van der Waals surface area contributed by atoms with Crippen LogP contribution in [0.2, 0.25) is 10.0 Å². The van der Waals surface area contributed by atoms with Gasteiger partial charge in [-0.2, -0.15) is 18.3 Å². The molecule has 2 amide bonds. The first-order chi connectivity index (χ1) is 18.4. The number of pyridine rings is 1. The quantitative estimate of drug-likeness (QED) is 0.199. The highest BCUT2D eigenvalue weighted by Gasteiger charge is 2.35. The van der Waals surface area contributed by atoms with E-state index in [1.54, 1.807) is 36.4 Å². The van der Waals surface area contributed by atoms with Gasteiger partial charge in [-0.1, -0.05) is 53.0 Å². The van der Waals surface area contributed by atoms with Gasteiger partial charge in [-0.05, 0) is 48.4 Å². The largest absolute Gasteiger partial charge is 0.433 e. The Balaban J connectivity index is 1.63. The number of thiophene rings is 1. The second-order valence-corrected chi connectivity index (χ2v) is 10.4. The van der Waals surface area contributed by atoms with E-state index in [-0.39, 0.29) is 32.0 Å². The first kappa shape index (κ1) is 26.7. The summed E-state index contributed by atoms with van der Waals surface area (Å²) in [5.74, 6) is -1.65. The average molecular weight is 590 g/mol. The van der Waals surface area contributed by atoms with Gasteiger partial charge >= 0.3 is 6.18 Å². The highest BCUT2D eigenvalue weighted by Crippen LogP contribution is 2.44. The van der Waals surface area contributed by atoms with Gasteiger partial charge in [0.15, 0.2) is 0 Å². The molecule has 0 radical (unpaired) electrons. The second kappa shape index (κ2) is 9.99. The molecule has 4 N–H and O–H groups in total. The number of benzene rings is 2. The van der Waals surface area contributed by atoms with Crippen LogP contribution in [0.5, 0.6) is 0 Å². The number of aromatic nitrogens is 3. The van der Waals surface area contributed by atoms with Gasteiger partial charge in [0.2, 0.25) is 0 Å². The van der Waals surface area contributed by atoms with Crippen molar-refractivity contribution in [2.24, 2.45) is 5.73 Å². The van der Waals surface area contributed by atoms with Gasteiger partial charge in [-0.15, -0.1) is 11.3 Å². The molecule has 5 aromatic rings. The Hall–Kier alpha value is -3.93. The molecule has 0 fully saturated rings. The molecule has 7 nitrogen and oxygen atoms in total. The van der Waals surface area contributed by atoms with Crippen molar-refractivity contribution < 1.29 is 22.8 Å². The van der Waals surface area contributed by atoms with Crippen LogP contribution in [0.4, 0.5) is 18.9 Å². The van der Waals surface area contributed by atoms with Gasteiger partial charge in [0.25, 0.3) is 11.8 Å². The van der Waals surface area contributed by atoms with Gasteiger partial charge in [-0.25, -0.2) is 4.98 Å². The van der Waals surface area contributed by atoms with Crippen LogP contribution in [0.3, 0.4) is 0 Å². The molecule has 0 aliphatic rings. The number of nitrogens with zero attached hydrogens (tertiary/aromatic N) is 2. The smallest absolute Gasteiger partial charge is 0.365 e. The summed E-state index contributed by atoms with van der Waals surface area (Å²) in [7, 11) is 0. The van der Waals surface area contributed by atoms with Crippen LogP contribution in [0.25, 0.3) is 32.6 Å². The number of carbonyl (C=O) groups is 2. The summed E-state index contributed by atoms with van der Waals surface area (Å²) in [4.78, 5) is 29.1. The SMILES string of the molecule is Cc1ccc(-c2cc(C(F)(F)F)nc3sc(C(N)=O)c(NC(=O)c4cc(-c5ccc(Cl)cc5Cl)n[nH]4)c23)cc1. The number of nitrogens with one attached hydrogen (secondary N) is 2. The first-order valence-electron chi connectivity index (χ1n) is 11.2. The third-order valence-electron chi connectivity index (χ3n) is 5.81. The van der Waals surface area contributed by atoms with E-state index >= 15 is 0 Å². The van der Waals surface area contributed by atoms with E-state index in [2.05, 4.69) is 20.5 Å². The van der Waals surface area contributed by atoms with Crippen molar-refractivity contribution in [2.75, 3.05) is 5.32 Å². The summed E-state index contributed by atoms with van der Waals surface area (Å²) < 4.78 is 41.2. The van der Waals surface area contributed by atoms with E-state index in [0.29, 0.717) is 38.2 Å². The molecule has 0 aliphatic carbocycles. The zero-order valence-electron chi connectivity index (χ0n) is 19.8. The van der Waals surface area contributed by atoms with E-state index < -0.39 is 23.7 Å². The number of anilines is 1. The monoisotopic (exact) mass is 589 g/mol. The molecule has 0 bridgehead atoms. The average Bonchev–Trinajstić information content (AvgIpc) is 3.49. The van der Waals surface area contributed by atoms with E-state index in [4.69, 9.17) is 28.9 Å². The van der Waals surface area contributed by atoms with E-state index in [1.165, 1.54) is 12.1 Å². The topological polar surface area (TPSA) is 114 Å². The van der Waals surface area contributed by atoms with Crippen molar-refractivity contribution in [2.45, 2.75) is 13.1 Å². The molecule has 3 heterocycles. The standard InChI is InChI=1S/C26H16Cl2F3N5O2S/c1-11-2-4-12(5-3-11)15-9-19(26(29,30)31)33-25-20(15)21(22(39-25)23(32)37)34-24(38)18-10-17(35-36-18)14-7-6-13(27)8-16(14)28/h2-10H,1H3,(H2,32,37)(H,34,38)(H,35,36). The Labute approximate surface area is 232 Å². The lowest BCUT2D eigenvalue weighted by molar-refractivity contribution is -0.140. The number of carbonyl (C=O) groups excluding carboxylic acids is 2. The molecule has 3 aromatic heterocycles. The lowest BCUT2D eigenvalue weighted by Crippen LogP contribution is -2.17. The maximum absolute atomic E-state index is 13.7. The van der Waals surface area contributed by atoms with Gasteiger partial charge < -0.3 is 11.1 Å². The summed E-state index contributed by atoms with van der Waals surface area (Å²) in [5, 5.41) is 10.2. The fourth-order valence-corrected chi connectivity index (χ4v) is 5.46. The molecule has 0 atom stereocenters. The summed E-state index contributed by atoms with van der Waals surface area (Å²) in [6.07, 6.45) is -4.75. The fourth-order valence-electron chi connectivity index (χ4n) is 3.95. The van der Waals surface area contributed by atoms with Crippen molar-refractivity contribution in [3.05, 3.63) is 86.5 Å². The van der Waals surface area contributed by atoms with Crippen LogP contribution in [0.15, 0.2) is 54.6 Å². The van der Waals surface area contributed by atoms with E-state index in [0.717, 1.165) is 11.6 Å². The third-order valence-corrected chi connectivity index (χ3v) is 7.45. The molecule has 0 saturated carbocycles. The third kappa shape index (κ3) is 5.20. The van der Waals surface area contributed by atoms with Crippen LogP contribution >= 0.6 is 34.5 Å². The minimum absolute atomic E-state index is 0.00236. The Morgan fingerprint density at radius 1 is 1.03 bits per heavy atom. The maximum Gasteiger partial charge on any atom is 0.433 e. The Bertz CT molecular complexity index is 1760. The number of primary amides is 1. The van der Waals surface area contributed by atoms with Gasteiger partial charge in [0.05, 0.1) is 16.4 Å². The van der Waals surface area contributed by atoms with Crippen molar-refractivity contribution >= 4 is 62.3 Å². The van der Waals surface area contributed by atoms with Crippen LogP contribution < -0.4 is 11.1 Å². The molecular weight excluding hydrogens is 574 g/mol. The molecule has 0 aliphatic heterocycles. The molecular formula is C26H16Cl2F3N5O2S. The van der Waals surface area contributed by atoms with Crippen LogP contribution in [-0.2, 0) is 6.18 Å². The second-order valence-electron chi connectivity index (χ2n) is 8.51. The molecule has 0 spiro atoms. The lowest BCUT2D eigenvalue weighted by Gasteiger charge is -2.12. The number of hydrogen-bond acceptors (Lipinski definition) is 5. The predicted octanol–water partition coefficient (Wildman–Crippen LogP) is 7.34. The predicted molar refractivity (Wildman–Crippen MR) is 145 cm³/mol. The summed E-state index contributed by atoms with van der Waals surface area (Å²) in [6.45, 7) is 1.84. The van der Waals surface area contributed by atoms with Crippen molar-refractivity contribution in [3.63, 3.8) is 0 Å². The van der Waals surface area contributed by atoms with Crippen LogP contribution in [0, 0.1) is 6.92 Å². The summed E-state index contributed by atoms with van der Waals surface area (Å²) >= 11 is 12.8. The fraction of sp³-hybridized carbons (Fsp3) is 0.0769. The molecule has 13 heteroatoms. The molecule has 0 unspecified atom stereocenters. The van der Waals surface area contributed by atoms with Gasteiger partial charge in [-0.3, -0.25) is 14.7 Å². The number of hydrogen-bond donors (Lipinski definition) is 3. The first-order valence-corrected chi connectivity index (χ1v) is 12.7. The Morgan fingerprint density at radius 2 is 1.74 bits per heavy atom. The van der Waals surface area contributed by atoms with E-state index in [9.17, 15) is 22.8 Å². The number of rotatable bonds is 5. The number of nitrogens with two attached hydrogens (primary N) is 1. The van der Waals surface area contributed by atoms with Gasteiger partial charge in [0.1, 0.15) is 21.1 Å². The number of fused-ring (bicyclic) bond motifs is 1. The maximum atomic E-state index is 13.7. The number of halogens is 5. The number of alkyl halides is 3. The summed E-state index contributed by atoms with van der Waals surface area (Å²) in [5.41, 5.74) is 6.70. The number of aromatic amines is 1. The number of H-pyrrole nitrogens is 1.